The molecule has 186 valence electrons. The first-order valence-corrected chi connectivity index (χ1v) is 12.5. The Kier molecular flexibility index (Phi) is 5.91. The number of H-pyrrole nitrogens is 1. The second-order valence-electron chi connectivity index (χ2n) is 8.32. The molecule has 3 heterocycles. The molecule has 5 rings (SSSR count). The molecular formula is C24H19F3N4O4S. The molecule has 0 saturated carbocycles. The van der Waals surface area contributed by atoms with E-state index in [2.05, 4.69) is 20.5 Å². The van der Waals surface area contributed by atoms with Crippen LogP contribution in [0.25, 0.3) is 22.0 Å². The molecule has 1 fully saturated rings. The molecule has 1 amide bonds. The molecule has 0 radical (unpaired) electrons. The number of hydrogen-bond donors (Lipinski definition) is 2. The molecule has 2 aromatic carbocycles. The summed E-state index contributed by atoms with van der Waals surface area (Å²) in [6, 6.07) is 7.35. The van der Waals surface area contributed by atoms with E-state index in [4.69, 9.17) is 4.74 Å². The average Bonchev–Trinajstić information content (AvgIpc) is 3.47. The maximum atomic E-state index is 15.5. The fraction of sp³-hybridized carbons (Fsp3) is 0.208. The van der Waals surface area contributed by atoms with Crippen molar-refractivity contribution in [3.05, 3.63) is 71.3 Å². The van der Waals surface area contributed by atoms with Gasteiger partial charge in [-0.05, 0) is 12.5 Å². The van der Waals surface area contributed by atoms with Gasteiger partial charge in [0.15, 0.2) is 15.7 Å². The van der Waals surface area contributed by atoms with E-state index < -0.39 is 37.9 Å². The molecule has 2 N–H and O–H groups in total. The van der Waals surface area contributed by atoms with Gasteiger partial charge in [0.1, 0.15) is 22.0 Å². The summed E-state index contributed by atoms with van der Waals surface area (Å²) in [6.45, 7) is 0. The highest BCUT2D eigenvalue weighted by atomic mass is 32.2. The second-order valence-corrected chi connectivity index (χ2v) is 10.3. The van der Waals surface area contributed by atoms with Crippen molar-refractivity contribution in [3.63, 3.8) is 0 Å². The minimum atomic E-state index is -4.27. The smallest absolute Gasteiger partial charge is 0.232 e. The lowest BCUT2D eigenvalue weighted by Crippen LogP contribution is -2.18. The highest BCUT2D eigenvalue weighted by Crippen LogP contribution is 2.35. The lowest BCUT2D eigenvalue weighted by atomic mass is 9.99. The Labute approximate surface area is 203 Å². The number of nitrogens with one attached hydrogen (secondary N) is 2. The number of sulfone groups is 1. The van der Waals surface area contributed by atoms with Crippen molar-refractivity contribution < 1.29 is 31.1 Å². The SMILES string of the molecule is COc1ncc(F)cc1S(=O)(=O)Cc1cccc(-c2ccc3c(C4CCC(=O)N4)[nH]nc3c2F)c1F. The first kappa shape index (κ1) is 23.8. The summed E-state index contributed by atoms with van der Waals surface area (Å²) in [5.41, 5.74) is 0.00789. The number of aromatic nitrogens is 3. The zero-order valence-electron chi connectivity index (χ0n) is 18.8. The predicted octanol–water partition coefficient (Wildman–Crippen LogP) is 3.98. The van der Waals surface area contributed by atoms with Crippen LogP contribution in [0.4, 0.5) is 13.2 Å². The van der Waals surface area contributed by atoms with Crippen molar-refractivity contribution in [1.29, 1.82) is 0 Å². The summed E-state index contributed by atoms with van der Waals surface area (Å²) in [5, 5.41) is 10.0. The molecule has 2 aromatic heterocycles. The van der Waals surface area contributed by atoms with Crippen molar-refractivity contribution in [1.82, 2.24) is 20.5 Å². The van der Waals surface area contributed by atoms with Crippen LogP contribution in [0, 0.1) is 17.5 Å². The van der Waals surface area contributed by atoms with Gasteiger partial charge in [-0.15, -0.1) is 0 Å². The van der Waals surface area contributed by atoms with E-state index in [1.54, 1.807) is 6.07 Å². The molecule has 8 nitrogen and oxygen atoms in total. The van der Waals surface area contributed by atoms with Gasteiger partial charge < -0.3 is 10.1 Å². The Bertz CT molecular complexity index is 1620. The molecule has 1 saturated heterocycles. The highest BCUT2D eigenvalue weighted by molar-refractivity contribution is 7.90. The number of amides is 1. The van der Waals surface area contributed by atoms with E-state index in [9.17, 15) is 17.6 Å². The van der Waals surface area contributed by atoms with Gasteiger partial charge in [-0.2, -0.15) is 5.10 Å². The van der Waals surface area contributed by atoms with Crippen molar-refractivity contribution >= 4 is 26.6 Å². The lowest BCUT2D eigenvalue weighted by Gasteiger charge is -2.12. The topological polar surface area (TPSA) is 114 Å². The summed E-state index contributed by atoms with van der Waals surface area (Å²) in [6.07, 6.45) is 1.69. The third kappa shape index (κ3) is 4.06. The zero-order chi connectivity index (χ0) is 25.6. The quantitative estimate of drug-likeness (QED) is 0.401. The summed E-state index contributed by atoms with van der Waals surface area (Å²) in [4.78, 5) is 14.7. The van der Waals surface area contributed by atoms with Crippen LogP contribution < -0.4 is 10.1 Å². The number of carbonyl (C=O) groups is 1. The second kappa shape index (κ2) is 8.94. The highest BCUT2D eigenvalue weighted by Gasteiger charge is 2.28. The number of hydrogen-bond acceptors (Lipinski definition) is 6. The summed E-state index contributed by atoms with van der Waals surface area (Å²) in [7, 11) is -3.09. The monoisotopic (exact) mass is 516 g/mol. The predicted molar refractivity (Wildman–Crippen MR) is 123 cm³/mol. The minimum Gasteiger partial charge on any atom is -0.480 e. The molecule has 0 spiro atoms. The van der Waals surface area contributed by atoms with Crippen molar-refractivity contribution in [3.8, 4) is 17.0 Å². The van der Waals surface area contributed by atoms with Crippen LogP contribution in [0.5, 0.6) is 5.88 Å². The Hall–Kier alpha value is -3.93. The third-order valence-electron chi connectivity index (χ3n) is 6.07. The van der Waals surface area contributed by atoms with Crippen molar-refractivity contribution in [2.75, 3.05) is 7.11 Å². The van der Waals surface area contributed by atoms with E-state index in [-0.39, 0.29) is 40.0 Å². The number of rotatable bonds is 6. The maximum Gasteiger partial charge on any atom is 0.232 e. The van der Waals surface area contributed by atoms with Gasteiger partial charge >= 0.3 is 0 Å². The molecule has 1 aliphatic heterocycles. The van der Waals surface area contributed by atoms with Crippen molar-refractivity contribution in [2.45, 2.75) is 29.5 Å². The van der Waals surface area contributed by atoms with Crippen LogP contribution in [-0.4, -0.2) is 36.6 Å². The molecule has 1 aliphatic rings. The van der Waals surface area contributed by atoms with E-state index in [1.165, 1.54) is 31.4 Å². The maximum absolute atomic E-state index is 15.5. The van der Waals surface area contributed by atoms with Gasteiger partial charge in [0, 0.05) is 28.5 Å². The Morgan fingerprint density at radius 2 is 1.89 bits per heavy atom. The Morgan fingerprint density at radius 1 is 1.11 bits per heavy atom. The van der Waals surface area contributed by atoms with Gasteiger partial charge in [-0.25, -0.2) is 26.6 Å². The molecule has 4 aromatic rings. The van der Waals surface area contributed by atoms with Crippen LogP contribution >= 0.6 is 0 Å². The Balaban J connectivity index is 1.53. The standard InChI is InChI=1S/C24H19F3N4O4S/c1-35-24-18(9-13(25)10-28-24)36(33,34)11-12-3-2-4-14(20(12)26)15-5-6-16-22(17-7-8-19(32)29-17)30-31-23(16)21(15)27/h2-6,9-10,17H,7-8,11H2,1H3,(H,29,32)(H,30,31). The van der Waals surface area contributed by atoms with E-state index >= 15 is 8.78 Å². The number of benzene rings is 2. The van der Waals surface area contributed by atoms with Crippen LogP contribution in [0.1, 0.15) is 30.1 Å². The third-order valence-corrected chi connectivity index (χ3v) is 7.72. The van der Waals surface area contributed by atoms with Gasteiger partial charge in [0.2, 0.25) is 11.8 Å². The number of pyridine rings is 1. The normalized spacial score (nSPS) is 15.9. The molecule has 0 bridgehead atoms. The number of ether oxygens (including phenoxy) is 1. The molecule has 0 aliphatic carbocycles. The largest absolute Gasteiger partial charge is 0.480 e. The molecule has 12 heteroatoms. The van der Waals surface area contributed by atoms with Gasteiger partial charge in [-0.3, -0.25) is 9.89 Å². The number of carbonyl (C=O) groups excluding carboxylic acids is 1. The van der Waals surface area contributed by atoms with Gasteiger partial charge in [-0.1, -0.05) is 30.3 Å². The number of fused-ring (bicyclic) bond motifs is 1. The fourth-order valence-electron chi connectivity index (χ4n) is 4.34. The van der Waals surface area contributed by atoms with Crippen LogP contribution in [0.2, 0.25) is 0 Å². The van der Waals surface area contributed by atoms with E-state index in [1.807, 2.05) is 0 Å². The number of nitrogens with zero attached hydrogens (tertiary/aromatic N) is 2. The minimum absolute atomic E-state index is 0.0309. The molecule has 1 unspecified atom stereocenters. The average molecular weight is 517 g/mol. The first-order valence-electron chi connectivity index (χ1n) is 10.9. The van der Waals surface area contributed by atoms with Gasteiger partial charge in [0.25, 0.3) is 0 Å². The van der Waals surface area contributed by atoms with Crippen LogP contribution in [0.15, 0.2) is 47.5 Å². The zero-order valence-corrected chi connectivity index (χ0v) is 19.6. The fourth-order valence-corrected chi connectivity index (χ4v) is 5.82. The number of aromatic amines is 1. The van der Waals surface area contributed by atoms with E-state index in [0.29, 0.717) is 23.9 Å². The molecular weight excluding hydrogens is 497 g/mol. The van der Waals surface area contributed by atoms with E-state index in [0.717, 1.165) is 12.3 Å². The molecule has 36 heavy (non-hydrogen) atoms. The number of methoxy groups -OCH3 is 1. The van der Waals surface area contributed by atoms with Crippen LogP contribution in [-0.2, 0) is 20.4 Å². The first-order chi connectivity index (χ1) is 17.2. The molecule has 1 atom stereocenters. The summed E-state index contributed by atoms with van der Waals surface area (Å²) in [5.74, 6) is -3.89. The summed E-state index contributed by atoms with van der Waals surface area (Å²) >= 11 is 0. The lowest BCUT2D eigenvalue weighted by molar-refractivity contribution is -0.119. The number of halogens is 3. The van der Waals surface area contributed by atoms with Gasteiger partial charge in [0.05, 0.1) is 30.8 Å². The van der Waals surface area contributed by atoms with Crippen molar-refractivity contribution in [2.24, 2.45) is 0 Å². The Morgan fingerprint density at radius 3 is 2.61 bits per heavy atom. The van der Waals surface area contributed by atoms with Crippen LogP contribution in [0.3, 0.4) is 0 Å². The summed E-state index contributed by atoms with van der Waals surface area (Å²) < 4.78 is 75.5.